The van der Waals surface area contributed by atoms with Gasteiger partial charge in [0.1, 0.15) is 5.69 Å². The fourth-order valence-electron chi connectivity index (χ4n) is 1.91. The lowest BCUT2D eigenvalue weighted by Gasteiger charge is -2.03. The standard InChI is InChI=1S/C14H18N4O2/c1-10(2)7-8-17-9-13(15)14(16-17)11-3-5-12(6-4-11)18(19)20/h3-6,9-10H,7-8,15H2,1-2H3. The number of nitro benzene ring substituents is 1. The summed E-state index contributed by atoms with van der Waals surface area (Å²) in [6, 6.07) is 6.26. The van der Waals surface area contributed by atoms with Gasteiger partial charge < -0.3 is 5.73 Å². The molecule has 106 valence electrons. The Hall–Kier alpha value is -2.37. The third kappa shape index (κ3) is 3.14. The maximum Gasteiger partial charge on any atom is 0.269 e. The first-order valence-corrected chi connectivity index (χ1v) is 6.55. The molecule has 0 saturated heterocycles. The lowest BCUT2D eigenvalue weighted by atomic mass is 10.1. The molecule has 2 aromatic rings. The van der Waals surface area contributed by atoms with Crippen LogP contribution in [-0.2, 0) is 6.54 Å². The summed E-state index contributed by atoms with van der Waals surface area (Å²) in [4.78, 5) is 10.2. The monoisotopic (exact) mass is 274 g/mol. The molecule has 0 unspecified atom stereocenters. The van der Waals surface area contributed by atoms with Gasteiger partial charge in [-0.1, -0.05) is 13.8 Å². The number of non-ortho nitro benzene ring substituents is 1. The van der Waals surface area contributed by atoms with E-state index in [-0.39, 0.29) is 5.69 Å². The van der Waals surface area contributed by atoms with Crippen molar-refractivity contribution in [3.8, 4) is 11.3 Å². The van der Waals surface area contributed by atoms with Crippen LogP contribution in [0, 0.1) is 16.0 Å². The molecule has 2 N–H and O–H groups in total. The van der Waals surface area contributed by atoms with Crippen molar-refractivity contribution < 1.29 is 4.92 Å². The summed E-state index contributed by atoms with van der Waals surface area (Å²) in [6.07, 6.45) is 2.83. The number of hydrogen-bond donors (Lipinski definition) is 1. The lowest BCUT2D eigenvalue weighted by Crippen LogP contribution is -2.02. The highest BCUT2D eigenvalue weighted by Gasteiger charge is 2.11. The van der Waals surface area contributed by atoms with Crippen LogP contribution in [0.25, 0.3) is 11.3 Å². The molecule has 6 heteroatoms. The van der Waals surface area contributed by atoms with E-state index < -0.39 is 4.92 Å². The van der Waals surface area contributed by atoms with Crippen LogP contribution < -0.4 is 5.73 Å². The SMILES string of the molecule is CC(C)CCn1cc(N)c(-c2ccc([N+](=O)[O-])cc2)n1. The molecule has 1 aromatic heterocycles. The average molecular weight is 274 g/mol. The van der Waals surface area contributed by atoms with Gasteiger partial charge in [0.15, 0.2) is 0 Å². The zero-order valence-electron chi connectivity index (χ0n) is 11.6. The Morgan fingerprint density at radius 1 is 1.35 bits per heavy atom. The van der Waals surface area contributed by atoms with Gasteiger partial charge >= 0.3 is 0 Å². The van der Waals surface area contributed by atoms with Crippen molar-refractivity contribution in [2.75, 3.05) is 5.73 Å². The second kappa shape index (κ2) is 5.73. The number of anilines is 1. The molecule has 0 bridgehead atoms. The first kappa shape index (κ1) is 14.0. The number of nitrogens with two attached hydrogens (primary N) is 1. The Labute approximate surface area is 117 Å². The molecule has 0 aliphatic heterocycles. The first-order chi connectivity index (χ1) is 9.47. The lowest BCUT2D eigenvalue weighted by molar-refractivity contribution is -0.384. The molecule has 0 atom stereocenters. The van der Waals surface area contributed by atoms with Gasteiger partial charge in [0.2, 0.25) is 0 Å². The summed E-state index contributed by atoms with van der Waals surface area (Å²) < 4.78 is 1.83. The summed E-state index contributed by atoms with van der Waals surface area (Å²) in [5, 5.41) is 15.1. The molecule has 0 amide bonds. The van der Waals surface area contributed by atoms with Crippen molar-refractivity contribution in [1.29, 1.82) is 0 Å². The van der Waals surface area contributed by atoms with Gasteiger partial charge in [-0.3, -0.25) is 14.8 Å². The molecular formula is C14H18N4O2. The highest BCUT2D eigenvalue weighted by molar-refractivity contribution is 5.72. The normalized spacial score (nSPS) is 10.9. The second-order valence-corrected chi connectivity index (χ2v) is 5.18. The fourth-order valence-corrected chi connectivity index (χ4v) is 1.91. The van der Waals surface area contributed by atoms with Gasteiger partial charge in [-0.25, -0.2) is 0 Å². The molecule has 0 radical (unpaired) electrons. The molecule has 6 nitrogen and oxygen atoms in total. The van der Waals surface area contributed by atoms with Crippen LogP contribution in [0.4, 0.5) is 11.4 Å². The van der Waals surface area contributed by atoms with Crippen molar-refractivity contribution in [1.82, 2.24) is 9.78 Å². The molecule has 2 rings (SSSR count). The van der Waals surface area contributed by atoms with E-state index in [4.69, 9.17) is 5.73 Å². The first-order valence-electron chi connectivity index (χ1n) is 6.55. The predicted octanol–water partition coefficient (Wildman–Crippen LogP) is 3.09. The molecule has 0 spiro atoms. The molecule has 1 heterocycles. The third-order valence-electron chi connectivity index (χ3n) is 3.08. The van der Waals surface area contributed by atoms with Crippen molar-refractivity contribution in [2.24, 2.45) is 5.92 Å². The number of hydrogen-bond acceptors (Lipinski definition) is 4. The average Bonchev–Trinajstić information content (AvgIpc) is 2.78. The smallest absolute Gasteiger partial charge is 0.269 e. The maximum atomic E-state index is 10.6. The highest BCUT2D eigenvalue weighted by Crippen LogP contribution is 2.26. The quantitative estimate of drug-likeness (QED) is 0.670. The number of rotatable bonds is 5. The topological polar surface area (TPSA) is 87.0 Å². The van der Waals surface area contributed by atoms with E-state index in [9.17, 15) is 10.1 Å². The van der Waals surface area contributed by atoms with Gasteiger partial charge in [0.05, 0.1) is 10.6 Å². The zero-order chi connectivity index (χ0) is 14.7. The summed E-state index contributed by atoms with van der Waals surface area (Å²) in [7, 11) is 0. The number of nitro groups is 1. The Morgan fingerprint density at radius 3 is 2.55 bits per heavy atom. The number of aryl methyl sites for hydroxylation is 1. The van der Waals surface area contributed by atoms with E-state index in [0.29, 0.717) is 17.3 Å². The van der Waals surface area contributed by atoms with E-state index in [1.165, 1.54) is 12.1 Å². The van der Waals surface area contributed by atoms with Gasteiger partial charge in [0, 0.05) is 30.4 Å². The van der Waals surface area contributed by atoms with E-state index in [1.54, 1.807) is 18.3 Å². The highest BCUT2D eigenvalue weighted by atomic mass is 16.6. The van der Waals surface area contributed by atoms with E-state index in [2.05, 4.69) is 18.9 Å². The van der Waals surface area contributed by atoms with Gasteiger partial charge in [-0.2, -0.15) is 5.10 Å². The van der Waals surface area contributed by atoms with Crippen LogP contribution in [0.5, 0.6) is 0 Å². The molecule has 0 aliphatic rings. The number of nitrogens with zero attached hydrogens (tertiary/aromatic N) is 3. The maximum absolute atomic E-state index is 10.6. The van der Waals surface area contributed by atoms with Crippen molar-refractivity contribution in [2.45, 2.75) is 26.8 Å². The van der Waals surface area contributed by atoms with Gasteiger partial charge in [-0.05, 0) is 24.5 Å². The number of benzene rings is 1. The molecule has 0 saturated carbocycles. The molecule has 20 heavy (non-hydrogen) atoms. The van der Waals surface area contributed by atoms with E-state index in [0.717, 1.165) is 18.5 Å². The third-order valence-corrected chi connectivity index (χ3v) is 3.08. The fraction of sp³-hybridized carbons (Fsp3) is 0.357. The van der Waals surface area contributed by atoms with Crippen LogP contribution in [0.2, 0.25) is 0 Å². The van der Waals surface area contributed by atoms with Crippen LogP contribution in [0.1, 0.15) is 20.3 Å². The van der Waals surface area contributed by atoms with Crippen LogP contribution >= 0.6 is 0 Å². The van der Waals surface area contributed by atoms with Crippen LogP contribution in [-0.4, -0.2) is 14.7 Å². The summed E-state index contributed by atoms with van der Waals surface area (Å²) in [5.41, 5.74) is 8.07. The van der Waals surface area contributed by atoms with E-state index in [1.807, 2.05) is 4.68 Å². The van der Waals surface area contributed by atoms with Crippen molar-refractivity contribution in [3.63, 3.8) is 0 Å². The van der Waals surface area contributed by atoms with Crippen molar-refractivity contribution in [3.05, 3.63) is 40.6 Å². The van der Waals surface area contributed by atoms with Crippen LogP contribution in [0.15, 0.2) is 30.5 Å². The summed E-state index contributed by atoms with van der Waals surface area (Å²) in [5.74, 6) is 0.600. The number of nitrogen functional groups attached to an aromatic ring is 1. The molecule has 0 aliphatic carbocycles. The predicted molar refractivity (Wildman–Crippen MR) is 78.2 cm³/mol. The number of aromatic nitrogens is 2. The largest absolute Gasteiger partial charge is 0.396 e. The minimum absolute atomic E-state index is 0.0616. The van der Waals surface area contributed by atoms with Crippen LogP contribution in [0.3, 0.4) is 0 Å². The van der Waals surface area contributed by atoms with E-state index >= 15 is 0 Å². The Bertz CT molecular complexity index is 602. The minimum atomic E-state index is -0.422. The van der Waals surface area contributed by atoms with Gasteiger partial charge in [0.25, 0.3) is 5.69 Å². The Kier molecular flexibility index (Phi) is 4.02. The molecular weight excluding hydrogens is 256 g/mol. The summed E-state index contributed by atoms with van der Waals surface area (Å²) >= 11 is 0. The summed E-state index contributed by atoms with van der Waals surface area (Å²) in [6.45, 7) is 5.13. The molecule has 0 fully saturated rings. The minimum Gasteiger partial charge on any atom is -0.396 e. The molecule has 1 aromatic carbocycles. The second-order valence-electron chi connectivity index (χ2n) is 5.18. The van der Waals surface area contributed by atoms with Gasteiger partial charge in [-0.15, -0.1) is 0 Å². The van der Waals surface area contributed by atoms with Crippen molar-refractivity contribution >= 4 is 11.4 Å². The Morgan fingerprint density at radius 2 is 2.00 bits per heavy atom. The Balaban J connectivity index is 2.21. The zero-order valence-corrected chi connectivity index (χ0v) is 11.6.